The van der Waals surface area contributed by atoms with E-state index in [-0.39, 0.29) is 5.75 Å². The lowest BCUT2D eigenvalue weighted by Gasteiger charge is -2.19. The van der Waals surface area contributed by atoms with Crippen molar-refractivity contribution >= 4 is 5.69 Å². The largest absolute Gasteiger partial charge is 0.506 e. The molecule has 1 aromatic carbocycles. The first kappa shape index (κ1) is 12.8. The summed E-state index contributed by atoms with van der Waals surface area (Å²) in [6.07, 6.45) is 0. The zero-order chi connectivity index (χ0) is 12.1. The molecule has 0 aliphatic rings. The lowest BCUT2D eigenvalue weighted by molar-refractivity contribution is 0.276. The minimum absolute atomic E-state index is 0.152. The van der Waals surface area contributed by atoms with Gasteiger partial charge in [-0.2, -0.15) is 0 Å². The van der Waals surface area contributed by atoms with Crippen molar-refractivity contribution in [2.24, 2.45) is 0 Å². The summed E-state index contributed by atoms with van der Waals surface area (Å²) in [5.74, 6) is 0.152. The lowest BCUT2D eigenvalue weighted by atomic mass is 10.2. The summed E-state index contributed by atoms with van der Waals surface area (Å²) in [5, 5.41) is 9.31. The molecule has 0 saturated heterocycles. The summed E-state index contributed by atoms with van der Waals surface area (Å²) in [5.41, 5.74) is 7.21. The molecular weight excluding hydrogens is 202 g/mol. The van der Waals surface area contributed by atoms with Crippen molar-refractivity contribution in [2.45, 2.75) is 6.54 Å². The third-order valence-corrected chi connectivity index (χ3v) is 2.47. The number of nitrogens with two attached hydrogens (primary N) is 1. The molecule has 0 fully saturated rings. The van der Waals surface area contributed by atoms with E-state index in [1.165, 1.54) is 0 Å². The van der Waals surface area contributed by atoms with E-state index in [0.29, 0.717) is 5.69 Å². The number of rotatable bonds is 5. The average molecular weight is 223 g/mol. The number of phenols is 1. The first-order valence-corrected chi connectivity index (χ1v) is 5.39. The van der Waals surface area contributed by atoms with E-state index in [0.717, 1.165) is 25.2 Å². The number of benzene rings is 1. The Hall–Kier alpha value is -1.26. The van der Waals surface area contributed by atoms with Crippen molar-refractivity contribution in [1.82, 2.24) is 9.80 Å². The van der Waals surface area contributed by atoms with Gasteiger partial charge in [-0.25, -0.2) is 0 Å². The lowest BCUT2D eigenvalue weighted by Crippen LogP contribution is -2.28. The highest BCUT2D eigenvalue weighted by Gasteiger charge is 2.03. The molecule has 0 aliphatic heterocycles. The van der Waals surface area contributed by atoms with Gasteiger partial charge in [0.1, 0.15) is 5.75 Å². The van der Waals surface area contributed by atoms with E-state index < -0.39 is 0 Å². The fourth-order valence-electron chi connectivity index (χ4n) is 1.46. The van der Waals surface area contributed by atoms with Gasteiger partial charge in [0.15, 0.2) is 0 Å². The maximum atomic E-state index is 9.31. The monoisotopic (exact) mass is 223 g/mol. The van der Waals surface area contributed by atoms with Crippen molar-refractivity contribution in [3.8, 4) is 5.75 Å². The van der Waals surface area contributed by atoms with Gasteiger partial charge in [0.2, 0.25) is 0 Å². The van der Waals surface area contributed by atoms with Gasteiger partial charge in [0.25, 0.3) is 0 Å². The number of likely N-dealkylation sites (N-methyl/N-ethyl adjacent to an activating group) is 2. The van der Waals surface area contributed by atoms with Crippen LogP contribution in [0, 0.1) is 0 Å². The van der Waals surface area contributed by atoms with Gasteiger partial charge >= 0.3 is 0 Å². The van der Waals surface area contributed by atoms with E-state index in [2.05, 4.69) is 30.9 Å². The molecule has 90 valence electrons. The van der Waals surface area contributed by atoms with Gasteiger partial charge < -0.3 is 20.6 Å². The molecular formula is C12H21N3O. The standard InChI is InChI=1S/C12H21N3O/c1-14(2)6-7-15(3)9-10-4-5-12(16)11(13)8-10/h4-5,8,16H,6-7,9,13H2,1-3H3. The van der Waals surface area contributed by atoms with Crippen molar-refractivity contribution in [1.29, 1.82) is 0 Å². The van der Waals surface area contributed by atoms with Crippen LogP contribution in [0.25, 0.3) is 0 Å². The van der Waals surface area contributed by atoms with Crippen molar-refractivity contribution in [3.63, 3.8) is 0 Å². The summed E-state index contributed by atoms with van der Waals surface area (Å²) in [6.45, 7) is 2.89. The molecule has 0 aliphatic carbocycles. The van der Waals surface area contributed by atoms with Crippen molar-refractivity contribution in [2.75, 3.05) is 40.0 Å². The summed E-state index contributed by atoms with van der Waals surface area (Å²) in [4.78, 5) is 4.38. The second-order valence-electron chi connectivity index (χ2n) is 4.43. The number of hydrogen-bond acceptors (Lipinski definition) is 4. The molecule has 1 aromatic rings. The molecule has 0 amide bonds. The Labute approximate surface area is 97.3 Å². The van der Waals surface area contributed by atoms with Crippen LogP contribution in [0.5, 0.6) is 5.75 Å². The molecule has 0 atom stereocenters. The van der Waals surface area contributed by atoms with Crippen LogP contribution in [-0.4, -0.2) is 49.1 Å². The highest BCUT2D eigenvalue weighted by molar-refractivity contribution is 5.53. The van der Waals surface area contributed by atoms with Crippen molar-refractivity contribution < 1.29 is 5.11 Å². The molecule has 0 spiro atoms. The number of nitrogens with zero attached hydrogens (tertiary/aromatic N) is 2. The van der Waals surface area contributed by atoms with Gasteiger partial charge in [-0.1, -0.05) is 6.07 Å². The Balaban J connectivity index is 2.49. The first-order valence-electron chi connectivity index (χ1n) is 5.39. The van der Waals surface area contributed by atoms with E-state index in [4.69, 9.17) is 5.73 Å². The van der Waals surface area contributed by atoms with E-state index in [1.54, 1.807) is 6.07 Å². The fourth-order valence-corrected chi connectivity index (χ4v) is 1.46. The summed E-state index contributed by atoms with van der Waals surface area (Å²) >= 11 is 0. The van der Waals surface area contributed by atoms with Gasteiger partial charge in [-0.15, -0.1) is 0 Å². The number of hydrogen-bond donors (Lipinski definition) is 2. The van der Waals surface area contributed by atoms with Crippen LogP contribution >= 0.6 is 0 Å². The second kappa shape index (κ2) is 5.72. The molecule has 0 aromatic heterocycles. The van der Waals surface area contributed by atoms with Gasteiger partial charge in [-0.05, 0) is 38.8 Å². The number of phenolic OH excluding ortho intramolecular Hbond substituents is 1. The molecule has 0 saturated carbocycles. The number of nitrogen functional groups attached to an aromatic ring is 1. The second-order valence-corrected chi connectivity index (χ2v) is 4.43. The Morgan fingerprint density at radius 1 is 1.19 bits per heavy atom. The smallest absolute Gasteiger partial charge is 0.138 e. The molecule has 4 nitrogen and oxygen atoms in total. The summed E-state index contributed by atoms with van der Waals surface area (Å²) in [7, 11) is 6.20. The molecule has 0 unspecified atom stereocenters. The molecule has 1 rings (SSSR count). The van der Waals surface area contributed by atoms with Crippen LogP contribution in [0.1, 0.15) is 5.56 Å². The highest BCUT2D eigenvalue weighted by atomic mass is 16.3. The predicted octanol–water partition coefficient (Wildman–Crippen LogP) is 0.968. The Bertz CT molecular complexity index is 339. The molecule has 4 heteroatoms. The van der Waals surface area contributed by atoms with Gasteiger partial charge in [0, 0.05) is 19.6 Å². The van der Waals surface area contributed by atoms with E-state index in [9.17, 15) is 5.11 Å². The van der Waals surface area contributed by atoms with E-state index in [1.807, 2.05) is 12.1 Å². The van der Waals surface area contributed by atoms with Crippen LogP contribution < -0.4 is 5.73 Å². The van der Waals surface area contributed by atoms with Crippen LogP contribution in [0.15, 0.2) is 18.2 Å². The third kappa shape index (κ3) is 4.08. The van der Waals surface area contributed by atoms with Crippen LogP contribution in [0.3, 0.4) is 0 Å². The quantitative estimate of drug-likeness (QED) is 0.577. The molecule has 0 heterocycles. The van der Waals surface area contributed by atoms with Crippen LogP contribution in [0.4, 0.5) is 5.69 Å². The van der Waals surface area contributed by atoms with E-state index >= 15 is 0 Å². The minimum atomic E-state index is 0.152. The highest BCUT2D eigenvalue weighted by Crippen LogP contribution is 2.20. The summed E-state index contributed by atoms with van der Waals surface area (Å²) < 4.78 is 0. The van der Waals surface area contributed by atoms with Crippen LogP contribution in [0.2, 0.25) is 0 Å². The molecule has 0 radical (unpaired) electrons. The average Bonchev–Trinajstić information content (AvgIpc) is 2.21. The number of aromatic hydroxyl groups is 1. The minimum Gasteiger partial charge on any atom is -0.506 e. The molecule has 3 N–H and O–H groups in total. The normalized spacial score (nSPS) is 11.3. The Morgan fingerprint density at radius 2 is 1.88 bits per heavy atom. The zero-order valence-corrected chi connectivity index (χ0v) is 10.3. The number of anilines is 1. The SMILES string of the molecule is CN(C)CCN(C)Cc1ccc(O)c(N)c1. The van der Waals surface area contributed by atoms with Gasteiger partial charge in [-0.3, -0.25) is 0 Å². The maximum absolute atomic E-state index is 9.31. The third-order valence-electron chi connectivity index (χ3n) is 2.47. The van der Waals surface area contributed by atoms with Crippen molar-refractivity contribution in [3.05, 3.63) is 23.8 Å². The Morgan fingerprint density at radius 3 is 2.44 bits per heavy atom. The topological polar surface area (TPSA) is 52.7 Å². The first-order chi connectivity index (χ1) is 7.49. The maximum Gasteiger partial charge on any atom is 0.138 e. The van der Waals surface area contributed by atoms with Gasteiger partial charge in [0.05, 0.1) is 5.69 Å². The Kier molecular flexibility index (Phi) is 4.58. The van der Waals surface area contributed by atoms with Crippen LogP contribution in [-0.2, 0) is 6.54 Å². The fraction of sp³-hybridized carbons (Fsp3) is 0.500. The summed E-state index contributed by atoms with van der Waals surface area (Å²) in [6, 6.07) is 5.36. The molecule has 16 heavy (non-hydrogen) atoms. The molecule has 0 bridgehead atoms. The zero-order valence-electron chi connectivity index (χ0n) is 10.3. The predicted molar refractivity (Wildman–Crippen MR) is 67.4 cm³/mol.